The average Bonchev–Trinajstić information content (AvgIpc) is 2.44. The highest BCUT2D eigenvalue weighted by molar-refractivity contribution is 5.39. The molecule has 0 heterocycles. The molecule has 0 aliphatic heterocycles. The van der Waals surface area contributed by atoms with Crippen LogP contribution in [0, 0.1) is 24.4 Å². The molecule has 0 spiro atoms. The smallest absolute Gasteiger partial charge is 0.165 e. The molecule has 0 saturated carbocycles. The molecule has 4 heteroatoms. The van der Waals surface area contributed by atoms with Crippen molar-refractivity contribution >= 4 is 0 Å². The molecule has 20 heavy (non-hydrogen) atoms. The lowest BCUT2D eigenvalue weighted by Crippen LogP contribution is -2.29. The molecule has 0 radical (unpaired) electrons. The third kappa shape index (κ3) is 2.20. The van der Waals surface area contributed by atoms with Crippen LogP contribution in [0.15, 0.2) is 36.4 Å². The number of benzene rings is 2. The van der Waals surface area contributed by atoms with Crippen LogP contribution in [0.5, 0.6) is 0 Å². The minimum Gasteiger partial charge on any atom is -0.380 e. The van der Waals surface area contributed by atoms with Gasteiger partial charge in [-0.15, -0.1) is 0 Å². The highest BCUT2D eigenvalue weighted by Gasteiger charge is 2.35. The van der Waals surface area contributed by atoms with Gasteiger partial charge in [-0.1, -0.05) is 37.3 Å². The van der Waals surface area contributed by atoms with Crippen LogP contribution in [-0.2, 0) is 5.60 Å². The minimum atomic E-state index is -1.90. The van der Waals surface area contributed by atoms with Crippen LogP contribution in [0.25, 0.3) is 0 Å². The fourth-order valence-corrected chi connectivity index (χ4v) is 2.29. The van der Waals surface area contributed by atoms with Crippen LogP contribution < -0.4 is 0 Å². The second-order valence-electron chi connectivity index (χ2n) is 4.75. The minimum absolute atomic E-state index is 0.0212. The van der Waals surface area contributed by atoms with Crippen LogP contribution >= 0.6 is 0 Å². The van der Waals surface area contributed by atoms with Gasteiger partial charge in [0.1, 0.15) is 11.4 Å². The summed E-state index contributed by atoms with van der Waals surface area (Å²) in [5.41, 5.74) is -2.08. The zero-order valence-corrected chi connectivity index (χ0v) is 11.3. The fraction of sp³-hybridized carbons (Fsp3) is 0.250. The number of aryl methyl sites for hydroxylation is 1. The molecule has 0 fully saturated rings. The van der Waals surface area contributed by atoms with Crippen LogP contribution in [0.1, 0.15) is 30.0 Å². The molecule has 1 N–H and O–H groups in total. The van der Waals surface area contributed by atoms with Gasteiger partial charge in [0.15, 0.2) is 11.6 Å². The van der Waals surface area contributed by atoms with Crippen molar-refractivity contribution in [2.45, 2.75) is 25.9 Å². The Morgan fingerprint density at radius 3 is 2.20 bits per heavy atom. The van der Waals surface area contributed by atoms with Crippen molar-refractivity contribution in [3.8, 4) is 0 Å². The molecule has 0 aliphatic rings. The Morgan fingerprint density at radius 1 is 0.950 bits per heavy atom. The van der Waals surface area contributed by atoms with E-state index < -0.39 is 23.1 Å². The first-order valence-corrected chi connectivity index (χ1v) is 6.34. The van der Waals surface area contributed by atoms with Gasteiger partial charge < -0.3 is 5.11 Å². The maximum absolute atomic E-state index is 14.1. The summed E-state index contributed by atoms with van der Waals surface area (Å²) in [4.78, 5) is 0. The van der Waals surface area contributed by atoms with Crippen molar-refractivity contribution in [3.05, 3.63) is 70.5 Å². The Balaban J connectivity index is 2.69. The molecule has 0 amide bonds. The Kier molecular flexibility index (Phi) is 3.86. The van der Waals surface area contributed by atoms with Crippen LogP contribution in [0.3, 0.4) is 0 Å². The monoisotopic (exact) mass is 280 g/mol. The van der Waals surface area contributed by atoms with Crippen molar-refractivity contribution in [3.63, 3.8) is 0 Å². The van der Waals surface area contributed by atoms with Gasteiger partial charge in [-0.2, -0.15) is 0 Å². The molecular formula is C16H15F3O. The van der Waals surface area contributed by atoms with E-state index in [4.69, 9.17) is 0 Å². The van der Waals surface area contributed by atoms with E-state index in [0.717, 1.165) is 0 Å². The SMILES string of the molecule is CCC(O)(c1ccccc1F)c1ccc(C)c(F)c1F. The summed E-state index contributed by atoms with van der Waals surface area (Å²) in [6.07, 6.45) is 0.0212. The first-order chi connectivity index (χ1) is 9.41. The van der Waals surface area contributed by atoms with E-state index in [0.29, 0.717) is 0 Å². The molecule has 2 aromatic rings. The van der Waals surface area contributed by atoms with Crippen LogP contribution in [0.4, 0.5) is 13.2 Å². The van der Waals surface area contributed by atoms with Crippen molar-refractivity contribution in [2.24, 2.45) is 0 Å². The Labute approximate surface area is 115 Å². The molecule has 0 aliphatic carbocycles. The van der Waals surface area contributed by atoms with Crippen LogP contribution in [0.2, 0.25) is 0 Å². The first kappa shape index (κ1) is 14.6. The van der Waals surface area contributed by atoms with Gasteiger partial charge in [0, 0.05) is 11.1 Å². The molecule has 2 aromatic carbocycles. The summed E-state index contributed by atoms with van der Waals surface area (Å²) < 4.78 is 41.7. The lowest BCUT2D eigenvalue weighted by atomic mass is 9.83. The quantitative estimate of drug-likeness (QED) is 0.899. The lowest BCUT2D eigenvalue weighted by molar-refractivity contribution is 0.0678. The number of halogens is 3. The zero-order valence-electron chi connectivity index (χ0n) is 11.3. The van der Waals surface area contributed by atoms with Crippen molar-refractivity contribution in [1.29, 1.82) is 0 Å². The van der Waals surface area contributed by atoms with E-state index in [1.807, 2.05) is 0 Å². The molecule has 1 unspecified atom stereocenters. The summed E-state index contributed by atoms with van der Waals surface area (Å²) in [5, 5.41) is 10.7. The van der Waals surface area contributed by atoms with Crippen LogP contribution in [-0.4, -0.2) is 5.11 Å². The van der Waals surface area contributed by atoms with Crippen molar-refractivity contribution in [2.75, 3.05) is 0 Å². The lowest BCUT2D eigenvalue weighted by Gasteiger charge is -2.29. The van der Waals surface area contributed by atoms with Gasteiger partial charge >= 0.3 is 0 Å². The number of rotatable bonds is 3. The summed E-state index contributed by atoms with van der Waals surface area (Å²) in [6, 6.07) is 8.23. The average molecular weight is 280 g/mol. The van der Waals surface area contributed by atoms with Gasteiger partial charge in [0.05, 0.1) is 0 Å². The molecule has 0 saturated heterocycles. The first-order valence-electron chi connectivity index (χ1n) is 6.34. The maximum atomic E-state index is 14.1. The Morgan fingerprint density at radius 2 is 1.60 bits per heavy atom. The normalized spacial score (nSPS) is 14.1. The molecule has 1 nitrogen and oxygen atoms in total. The summed E-state index contributed by atoms with van der Waals surface area (Å²) >= 11 is 0. The number of aliphatic hydroxyl groups is 1. The molecule has 0 aromatic heterocycles. The molecule has 106 valence electrons. The van der Waals surface area contributed by atoms with E-state index in [2.05, 4.69) is 0 Å². The largest absolute Gasteiger partial charge is 0.380 e. The second-order valence-corrected chi connectivity index (χ2v) is 4.75. The molecule has 2 rings (SSSR count). The van der Waals surface area contributed by atoms with Gasteiger partial charge in [0.2, 0.25) is 0 Å². The van der Waals surface area contributed by atoms with Gasteiger partial charge in [0.25, 0.3) is 0 Å². The van der Waals surface area contributed by atoms with E-state index in [1.165, 1.54) is 37.3 Å². The number of hydrogen-bond donors (Lipinski definition) is 1. The summed E-state index contributed by atoms with van der Waals surface area (Å²) in [5.74, 6) is -2.82. The van der Waals surface area contributed by atoms with E-state index in [1.54, 1.807) is 13.0 Å². The van der Waals surface area contributed by atoms with Crippen molar-refractivity contribution < 1.29 is 18.3 Å². The summed E-state index contributed by atoms with van der Waals surface area (Å²) in [6.45, 7) is 3.01. The second kappa shape index (κ2) is 5.29. The predicted octanol–water partition coefficient (Wildman–Crippen LogP) is 4.06. The fourth-order valence-electron chi connectivity index (χ4n) is 2.29. The van der Waals surface area contributed by atoms with Crippen molar-refractivity contribution in [1.82, 2.24) is 0 Å². The molecule has 1 atom stereocenters. The maximum Gasteiger partial charge on any atom is 0.165 e. The Hall–Kier alpha value is -1.81. The van der Waals surface area contributed by atoms with E-state index >= 15 is 0 Å². The molecule has 0 bridgehead atoms. The topological polar surface area (TPSA) is 20.2 Å². The van der Waals surface area contributed by atoms with Gasteiger partial charge in [-0.25, -0.2) is 13.2 Å². The van der Waals surface area contributed by atoms with E-state index in [-0.39, 0.29) is 23.1 Å². The molecular weight excluding hydrogens is 265 g/mol. The standard InChI is InChI=1S/C16H15F3O/c1-3-16(20,11-6-4-5-7-13(11)17)12-9-8-10(2)14(18)15(12)19/h4-9,20H,3H2,1-2H3. The zero-order chi connectivity index (χ0) is 14.9. The third-order valence-electron chi connectivity index (χ3n) is 3.55. The van der Waals surface area contributed by atoms with Gasteiger partial charge in [-0.3, -0.25) is 0 Å². The summed E-state index contributed by atoms with van der Waals surface area (Å²) in [7, 11) is 0. The van der Waals surface area contributed by atoms with E-state index in [9.17, 15) is 18.3 Å². The third-order valence-corrected chi connectivity index (χ3v) is 3.55. The highest BCUT2D eigenvalue weighted by atomic mass is 19.2. The Bertz CT molecular complexity index is 640. The number of hydrogen-bond acceptors (Lipinski definition) is 1. The highest BCUT2D eigenvalue weighted by Crippen LogP contribution is 2.36. The van der Waals surface area contributed by atoms with Gasteiger partial charge in [-0.05, 0) is 25.0 Å². The predicted molar refractivity (Wildman–Crippen MR) is 70.8 cm³/mol.